The summed E-state index contributed by atoms with van der Waals surface area (Å²) in [4.78, 5) is 24.9. The minimum atomic E-state index is -0.163. The average Bonchev–Trinajstić information content (AvgIpc) is 3.20. The molecule has 0 amide bonds. The summed E-state index contributed by atoms with van der Waals surface area (Å²) in [6.45, 7) is 6.40. The van der Waals surface area contributed by atoms with E-state index in [2.05, 4.69) is 19.9 Å². The monoisotopic (exact) mass is 476 g/mol. The van der Waals surface area contributed by atoms with E-state index in [4.69, 9.17) is 9.47 Å². The molecule has 0 spiro atoms. The molecule has 0 heterocycles. The van der Waals surface area contributed by atoms with Gasteiger partial charge in [-0.2, -0.15) is 0 Å². The van der Waals surface area contributed by atoms with Crippen LogP contribution < -0.4 is 4.74 Å². The van der Waals surface area contributed by atoms with E-state index in [1.807, 2.05) is 36.4 Å². The summed E-state index contributed by atoms with van der Waals surface area (Å²) in [6, 6.07) is 7.86. The molecule has 0 N–H and O–H groups in total. The van der Waals surface area contributed by atoms with E-state index in [0.29, 0.717) is 23.5 Å². The first kappa shape index (κ1) is 24.3. The molecule has 0 radical (unpaired) electrons. The number of esters is 1. The van der Waals surface area contributed by atoms with Gasteiger partial charge in [0.1, 0.15) is 11.9 Å². The van der Waals surface area contributed by atoms with Crippen molar-refractivity contribution >= 4 is 17.8 Å². The predicted molar refractivity (Wildman–Crippen MR) is 138 cm³/mol. The fraction of sp³-hybridized carbons (Fsp3) is 0.613. The Morgan fingerprint density at radius 2 is 1.77 bits per heavy atom. The first-order chi connectivity index (χ1) is 16.7. The van der Waals surface area contributed by atoms with Crippen LogP contribution in [0.15, 0.2) is 42.0 Å². The summed E-state index contributed by atoms with van der Waals surface area (Å²) in [6.07, 6.45) is 14.9. The molecule has 5 rings (SSSR count). The van der Waals surface area contributed by atoms with Gasteiger partial charge in [0.2, 0.25) is 0 Å². The largest absolute Gasteiger partial charge is 0.497 e. The Bertz CT molecular complexity index is 1040. The average molecular weight is 477 g/mol. The van der Waals surface area contributed by atoms with E-state index in [-0.39, 0.29) is 28.8 Å². The zero-order chi connectivity index (χ0) is 24.8. The Morgan fingerprint density at radius 3 is 2.49 bits per heavy atom. The molecular weight excluding hydrogens is 436 g/mol. The van der Waals surface area contributed by atoms with Gasteiger partial charge in [-0.15, -0.1) is 0 Å². The normalized spacial score (nSPS) is 38.2. The lowest BCUT2D eigenvalue weighted by molar-refractivity contribution is -0.149. The van der Waals surface area contributed by atoms with Crippen molar-refractivity contribution in [2.24, 2.45) is 34.5 Å². The molecule has 7 atom stereocenters. The first-order valence-electron chi connectivity index (χ1n) is 13.5. The number of rotatable bonds is 5. The topological polar surface area (TPSA) is 52.6 Å². The maximum absolute atomic E-state index is 13.4. The van der Waals surface area contributed by atoms with Crippen LogP contribution in [0.4, 0.5) is 0 Å². The quantitative estimate of drug-likeness (QED) is 0.267. The minimum absolute atomic E-state index is 0.0446. The maximum Gasteiger partial charge on any atom is 0.302 e. The molecule has 35 heavy (non-hydrogen) atoms. The van der Waals surface area contributed by atoms with E-state index in [9.17, 15) is 9.59 Å². The summed E-state index contributed by atoms with van der Waals surface area (Å²) >= 11 is 0. The zero-order valence-electron chi connectivity index (χ0n) is 21.7. The highest BCUT2D eigenvalue weighted by Gasteiger charge is 2.59. The van der Waals surface area contributed by atoms with Crippen LogP contribution in [0.25, 0.3) is 6.08 Å². The van der Waals surface area contributed by atoms with Gasteiger partial charge in [-0.05, 0) is 97.3 Å². The van der Waals surface area contributed by atoms with Crippen molar-refractivity contribution in [3.8, 4) is 5.75 Å². The predicted octanol–water partition coefficient (Wildman–Crippen LogP) is 6.79. The maximum atomic E-state index is 13.4. The highest BCUT2D eigenvalue weighted by Crippen LogP contribution is 2.66. The van der Waals surface area contributed by atoms with Crippen LogP contribution in [-0.4, -0.2) is 25.0 Å². The molecule has 1 aromatic rings. The van der Waals surface area contributed by atoms with E-state index in [0.717, 1.165) is 49.8 Å². The molecule has 0 aromatic heterocycles. The molecule has 3 fully saturated rings. The van der Waals surface area contributed by atoms with Gasteiger partial charge in [0.05, 0.1) is 7.11 Å². The molecule has 0 saturated heterocycles. The van der Waals surface area contributed by atoms with Crippen molar-refractivity contribution in [1.29, 1.82) is 0 Å². The van der Waals surface area contributed by atoms with E-state index < -0.39 is 0 Å². The fourth-order valence-electron chi connectivity index (χ4n) is 8.44. The second kappa shape index (κ2) is 9.26. The molecule has 3 saturated carbocycles. The molecule has 0 bridgehead atoms. The summed E-state index contributed by atoms with van der Waals surface area (Å²) < 4.78 is 10.8. The van der Waals surface area contributed by atoms with Crippen LogP contribution in [0, 0.1) is 34.5 Å². The zero-order valence-corrected chi connectivity index (χ0v) is 21.7. The number of allylic oxidation sites excluding steroid dienone is 2. The number of fused-ring (bicyclic) bond motifs is 5. The van der Waals surface area contributed by atoms with E-state index in [1.165, 1.54) is 25.3 Å². The van der Waals surface area contributed by atoms with Gasteiger partial charge in [-0.3, -0.25) is 9.59 Å². The Balaban J connectivity index is 1.31. The molecule has 4 heteroatoms. The molecule has 4 nitrogen and oxygen atoms in total. The van der Waals surface area contributed by atoms with Gasteiger partial charge in [-0.1, -0.05) is 43.7 Å². The Labute approximate surface area is 210 Å². The molecule has 4 aliphatic carbocycles. The van der Waals surface area contributed by atoms with Gasteiger partial charge < -0.3 is 9.47 Å². The van der Waals surface area contributed by atoms with Gasteiger partial charge in [0.15, 0.2) is 5.78 Å². The van der Waals surface area contributed by atoms with Crippen LogP contribution in [0.2, 0.25) is 0 Å². The van der Waals surface area contributed by atoms with Crippen molar-refractivity contribution in [2.75, 3.05) is 7.11 Å². The Morgan fingerprint density at radius 1 is 1.00 bits per heavy atom. The Kier molecular flexibility index (Phi) is 6.44. The lowest BCUT2D eigenvalue weighted by atomic mass is 9.47. The minimum Gasteiger partial charge on any atom is -0.497 e. The van der Waals surface area contributed by atoms with Crippen molar-refractivity contribution in [2.45, 2.75) is 78.2 Å². The van der Waals surface area contributed by atoms with Crippen molar-refractivity contribution in [3.63, 3.8) is 0 Å². The summed E-state index contributed by atoms with van der Waals surface area (Å²) in [7, 11) is 1.66. The summed E-state index contributed by atoms with van der Waals surface area (Å²) in [5, 5.41) is 0. The van der Waals surface area contributed by atoms with Crippen LogP contribution in [0.5, 0.6) is 5.75 Å². The van der Waals surface area contributed by atoms with E-state index >= 15 is 0 Å². The summed E-state index contributed by atoms with van der Waals surface area (Å²) in [5.41, 5.74) is 2.87. The van der Waals surface area contributed by atoms with E-state index in [1.54, 1.807) is 7.11 Å². The number of carbonyl (C=O) groups excluding carboxylic acids is 2. The van der Waals surface area contributed by atoms with Gasteiger partial charge in [0.25, 0.3) is 0 Å². The second-order valence-electron chi connectivity index (χ2n) is 11.9. The van der Waals surface area contributed by atoms with Gasteiger partial charge in [-0.25, -0.2) is 0 Å². The highest BCUT2D eigenvalue weighted by atomic mass is 16.5. The number of hydrogen-bond donors (Lipinski definition) is 0. The third-order valence-corrected chi connectivity index (χ3v) is 10.3. The molecular formula is C31H40O4. The molecule has 1 aromatic carbocycles. The number of benzene rings is 1. The van der Waals surface area contributed by atoms with Gasteiger partial charge in [0, 0.05) is 19.3 Å². The number of ether oxygens (including phenoxy) is 2. The smallest absolute Gasteiger partial charge is 0.302 e. The first-order valence-corrected chi connectivity index (χ1v) is 13.5. The lowest BCUT2D eigenvalue weighted by Crippen LogP contribution is -2.51. The van der Waals surface area contributed by atoms with Crippen molar-refractivity contribution < 1.29 is 19.1 Å². The number of methoxy groups -OCH3 is 1. The number of hydrogen-bond acceptors (Lipinski definition) is 4. The highest BCUT2D eigenvalue weighted by molar-refractivity contribution is 5.96. The van der Waals surface area contributed by atoms with Gasteiger partial charge >= 0.3 is 5.97 Å². The Hall–Kier alpha value is -2.36. The lowest BCUT2D eigenvalue weighted by Gasteiger charge is -2.58. The third-order valence-electron chi connectivity index (χ3n) is 10.3. The molecule has 188 valence electrons. The fourth-order valence-corrected chi connectivity index (χ4v) is 8.44. The summed E-state index contributed by atoms with van der Waals surface area (Å²) in [5.74, 6) is 3.05. The van der Waals surface area contributed by atoms with Crippen molar-refractivity contribution in [3.05, 3.63) is 47.6 Å². The SMILES string of the molecule is COc1ccc(/C=C/C(=O)C2CCC3C4CC=C5C[C@@H](OC(C)=O)CC[C@]5(C)C4CC[C@]23C)cc1. The molecule has 4 aliphatic rings. The van der Waals surface area contributed by atoms with Crippen LogP contribution in [0.3, 0.4) is 0 Å². The van der Waals surface area contributed by atoms with Crippen LogP contribution in [0.1, 0.15) is 77.7 Å². The van der Waals surface area contributed by atoms with Crippen LogP contribution in [-0.2, 0) is 14.3 Å². The number of ketones is 1. The third kappa shape index (κ3) is 4.27. The van der Waals surface area contributed by atoms with Crippen LogP contribution >= 0.6 is 0 Å². The number of carbonyl (C=O) groups is 2. The molecule has 0 aliphatic heterocycles. The molecule has 4 unspecified atom stereocenters. The standard InChI is InChI=1S/C31H40O4/c1-20(32)35-24-15-17-30(2)22(19-24)8-11-25-26-12-13-28(31(26,3)18-16-27(25)30)29(33)14-7-21-5-9-23(34-4)10-6-21/h5-10,14,24-28H,11-13,15-19H2,1-4H3/b14-7+/t24-,25?,26?,27?,28?,30-,31-/m0/s1. The van der Waals surface area contributed by atoms with Crippen molar-refractivity contribution in [1.82, 2.24) is 0 Å². The second-order valence-corrected chi connectivity index (χ2v) is 11.9.